The van der Waals surface area contributed by atoms with E-state index in [0.29, 0.717) is 0 Å². The maximum absolute atomic E-state index is 4.59. The molecule has 0 saturated heterocycles. The van der Waals surface area contributed by atoms with Gasteiger partial charge < -0.3 is 0 Å². The van der Waals surface area contributed by atoms with Crippen molar-refractivity contribution in [1.82, 2.24) is 39.9 Å². The van der Waals surface area contributed by atoms with E-state index in [-0.39, 0.29) is 42.1 Å². The first kappa shape index (κ1) is 40.5. The first-order valence-corrected chi connectivity index (χ1v) is 16.2. The Bertz CT molecular complexity index is 2120. The van der Waals surface area contributed by atoms with Crippen molar-refractivity contribution in [3.05, 3.63) is 194 Å². The van der Waals surface area contributed by atoms with Crippen molar-refractivity contribution in [3.63, 3.8) is 0 Å². The fraction of sp³-hybridized carbons (Fsp3) is 0. The molecule has 10 heteroatoms. The second-order valence-corrected chi connectivity index (χ2v) is 10.6. The Morgan fingerprint density at radius 3 is 0.815 bits per heavy atom. The second-order valence-electron chi connectivity index (χ2n) is 10.6. The van der Waals surface area contributed by atoms with Crippen LogP contribution in [0.3, 0.4) is 0 Å². The number of nitrogens with zero attached hydrogens (tertiary/aromatic N) is 8. The maximum Gasteiger partial charge on any atom is 0.0894 e. The van der Waals surface area contributed by atoms with Crippen LogP contribution in [0.5, 0.6) is 0 Å². The van der Waals surface area contributed by atoms with E-state index in [0.717, 1.165) is 56.7 Å². The molecule has 0 spiro atoms. The average Bonchev–Trinajstić information content (AvgIpc) is 3.25. The second kappa shape index (κ2) is 22.6. The van der Waals surface area contributed by atoms with Crippen molar-refractivity contribution in [2.24, 2.45) is 0 Å². The van der Waals surface area contributed by atoms with Gasteiger partial charge in [0.05, 0.1) is 45.6 Å². The topological polar surface area (TPSA) is 103 Å². The summed E-state index contributed by atoms with van der Waals surface area (Å²) in [5.41, 5.74) is 8.75. The molecule has 8 heterocycles. The van der Waals surface area contributed by atoms with Gasteiger partial charge in [0, 0.05) is 103 Å². The summed E-state index contributed by atoms with van der Waals surface area (Å²) < 4.78 is 0. The Morgan fingerprint density at radius 1 is 0.278 bits per heavy atom. The van der Waals surface area contributed by atoms with E-state index >= 15 is 0 Å². The molecule has 0 aromatic carbocycles. The Hall–Kier alpha value is -6.30. The van der Waals surface area contributed by atoms with Crippen LogP contribution in [0.25, 0.3) is 45.6 Å². The van der Waals surface area contributed by atoms with Crippen LogP contribution in [0, 0.1) is 23.7 Å². The Morgan fingerprint density at radius 2 is 0.556 bits per heavy atom. The Kier molecular flexibility index (Phi) is 16.9. The van der Waals surface area contributed by atoms with Crippen molar-refractivity contribution in [2.75, 3.05) is 0 Å². The molecule has 8 rings (SSSR count). The van der Waals surface area contributed by atoms with Gasteiger partial charge in [-0.2, -0.15) is 0 Å². The van der Waals surface area contributed by atoms with E-state index in [4.69, 9.17) is 0 Å². The minimum absolute atomic E-state index is 0. The molecule has 0 radical (unpaired) electrons. The van der Waals surface area contributed by atoms with E-state index in [9.17, 15) is 0 Å². The van der Waals surface area contributed by atoms with E-state index in [2.05, 4.69) is 63.6 Å². The van der Waals surface area contributed by atoms with Gasteiger partial charge in [0.1, 0.15) is 0 Å². The fourth-order valence-corrected chi connectivity index (χ4v) is 4.57. The third-order valence-electron chi connectivity index (χ3n) is 7.04. The average molecular weight is 1060 g/mol. The van der Waals surface area contributed by atoms with Gasteiger partial charge in [-0.15, -0.1) is 0 Å². The predicted octanol–water partition coefficient (Wildman–Crippen LogP) is 8.29. The number of pyridine rings is 8. The van der Waals surface area contributed by atoms with Gasteiger partial charge >= 0.3 is 0 Å². The molecule has 8 aromatic rings. The Labute approximate surface area is 343 Å². The van der Waals surface area contributed by atoms with Gasteiger partial charge in [-0.1, -0.05) is 48.2 Å². The smallest absolute Gasteiger partial charge is 0.0894 e. The van der Waals surface area contributed by atoms with Crippen LogP contribution in [0.2, 0.25) is 0 Å². The number of hydrogen-bond acceptors (Lipinski definition) is 8. The van der Waals surface area contributed by atoms with Gasteiger partial charge in [0.2, 0.25) is 0 Å². The quantitative estimate of drug-likeness (QED) is 0.163. The van der Waals surface area contributed by atoms with Gasteiger partial charge in [0.25, 0.3) is 0 Å². The predicted molar refractivity (Wildman–Crippen MR) is 204 cm³/mol. The molecule has 0 aliphatic heterocycles. The zero-order valence-electron chi connectivity index (χ0n) is 28.5. The molecule has 0 amide bonds. The van der Waals surface area contributed by atoms with Gasteiger partial charge in [0.15, 0.2) is 0 Å². The van der Waals surface area contributed by atoms with Crippen molar-refractivity contribution < 1.29 is 42.1 Å². The third-order valence-corrected chi connectivity index (χ3v) is 7.04. The SMILES string of the molecule is C(C#Cc1ccncc1)#Cc1ccncc1.[Pt].[Pt].c1ccc(-c2cccc(-c3ccccn3)n2)nc1.c1ccc(-c2cccc(-c3ccccn3)n2)nc1. The summed E-state index contributed by atoms with van der Waals surface area (Å²) in [5, 5.41) is 0. The molecule has 0 aliphatic carbocycles. The van der Waals surface area contributed by atoms with Crippen molar-refractivity contribution >= 4 is 0 Å². The first-order chi connectivity index (χ1) is 25.8. The standard InChI is InChI=1S/2C15H11N3.C14H8N2.2Pt/c2*1-3-10-16-12(6-1)14-8-5-9-15(18-14)13-7-2-4-11-17-13;1(3-13-5-9-15-10-6-13)2-4-14-7-11-16-12-8-14;;/h2*1-11H;5-12H;;. The molecule has 0 bridgehead atoms. The van der Waals surface area contributed by atoms with Crippen LogP contribution in [0.15, 0.2) is 183 Å². The molecule has 8 nitrogen and oxygen atoms in total. The summed E-state index contributed by atoms with van der Waals surface area (Å²) in [6, 6.07) is 42.4. The van der Waals surface area contributed by atoms with E-state index < -0.39 is 0 Å². The molecule has 0 saturated carbocycles. The van der Waals surface area contributed by atoms with Crippen molar-refractivity contribution in [3.8, 4) is 69.2 Å². The van der Waals surface area contributed by atoms with Crippen LogP contribution >= 0.6 is 0 Å². The van der Waals surface area contributed by atoms with E-state index in [1.807, 2.05) is 133 Å². The zero-order chi connectivity index (χ0) is 35.5. The van der Waals surface area contributed by atoms with Gasteiger partial charge in [-0.25, -0.2) is 9.97 Å². The van der Waals surface area contributed by atoms with Crippen molar-refractivity contribution in [2.45, 2.75) is 0 Å². The molecule has 54 heavy (non-hydrogen) atoms. The zero-order valence-corrected chi connectivity index (χ0v) is 33.1. The maximum atomic E-state index is 4.59. The molecule has 0 aliphatic rings. The minimum Gasteiger partial charge on any atom is -0.265 e. The summed E-state index contributed by atoms with van der Waals surface area (Å²) in [6.45, 7) is 0. The van der Waals surface area contributed by atoms with Crippen LogP contribution in [0.4, 0.5) is 0 Å². The van der Waals surface area contributed by atoms with Crippen LogP contribution in [-0.2, 0) is 42.1 Å². The number of rotatable bonds is 4. The molecule has 266 valence electrons. The fourth-order valence-electron chi connectivity index (χ4n) is 4.57. The molecular formula is C44H30N8Pt2. The number of hydrogen-bond donors (Lipinski definition) is 0. The van der Waals surface area contributed by atoms with Gasteiger partial charge in [-0.05, 0) is 109 Å². The summed E-state index contributed by atoms with van der Waals surface area (Å²) in [4.78, 5) is 34.2. The summed E-state index contributed by atoms with van der Waals surface area (Å²) >= 11 is 0. The third kappa shape index (κ3) is 12.7. The Balaban J connectivity index is 0.000000178. The molecular weight excluding hydrogens is 1030 g/mol. The monoisotopic (exact) mass is 1060 g/mol. The molecule has 0 unspecified atom stereocenters. The molecule has 0 fully saturated rings. The number of aromatic nitrogens is 8. The van der Waals surface area contributed by atoms with E-state index in [1.165, 1.54) is 0 Å². The summed E-state index contributed by atoms with van der Waals surface area (Å²) in [7, 11) is 0. The van der Waals surface area contributed by atoms with Gasteiger partial charge in [-0.3, -0.25) is 29.9 Å². The van der Waals surface area contributed by atoms with Crippen LogP contribution in [0.1, 0.15) is 11.1 Å². The van der Waals surface area contributed by atoms with Crippen LogP contribution < -0.4 is 0 Å². The van der Waals surface area contributed by atoms with E-state index in [1.54, 1.807) is 49.6 Å². The molecule has 0 atom stereocenters. The molecule has 0 N–H and O–H groups in total. The van der Waals surface area contributed by atoms with Crippen LogP contribution in [-0.4, -0.2) is 39.9 Å². The minimum atomic E-state index is 0. The largest absolute Gasteiger partial charge is 0.265 e. The first-order valence-electron chi connectivity index (χ1n) is 16.2. The van der Waals surface area contributed by atoms with Crippen molar-refractivity contribution in [1.29, 1.82) is 0 Å². The normalized spacial score (nSPS) is 9.26. The summed E-state index contributed by atoms with van der Waals surface area (Å²) in [5.74, 6) is 11.5. The molecule has 8 aromatic heterocycles. The summed E-state index contributed by atoms with van der Waals surface area (Å²) in [6.07, 6.45) is 13.9.